The molecule has 0 aromatic carbocycles. The molecule has 1 fully saturated rings. The van der Waals surface area contributed by atoms with E-state index in [0.717, 1.165) is 0 Å². The van der Waals surface area contributed by atoms with Gasteiger partial charge in [0.1, 0.15) is 17.4 Å². The van der Waals surface area contributed by atoms with E-state index >= 15 is 0 Å². The number of aryl methyl sites for hydroxylation is 2. The van der Waals surface area contributed by atoms with Gasteiger partial charge in [-0.2, -0.15) is 18.3 Å². The second kappa shape index (κ2) is 6.78. The first kappa shape index (κ1) is 19.3. The highest BCUT2D eigenvalue weighted by molar-refractivity contribution is 6.00. The maximum Gasteiger partial charge on any atom is 0.408 e. The summed E-state index contributed by atoms with van der Waals surface area (Å²) >= 11 is 0. The molecule has 29 heavy (non-hydrogen) atoms. The van der Waals surface area contributed by atoms with Crippen molar-refractivity contribution in [2.45, 2.75) is 38.9 Å². The number of halogens is 4. The number of nitrogens with zero attached hydrogens (tertiary/aromatic N) is 4. The summed E-state index contributed by atoms with van der Waals surface area (Å²) in [5.41, 5.74) is 1.55. The van der Waals surface area contributed by atoms with Crippen molar-refractivity contribution >= 4 is 11.6 Å². The summed E-state index contributed by atoms with van der Waals surface area (Å²) in [6.07, 6.45) is -1.05. The van der Waals surface area contributed by atoms with Crippen LogP contribution in [0.15, 0.2) is 24.5 Å². The molecule has 6 nitrogen and oxygen atoms in total. The third-order valence-electron chi connectivity index (χ3n) is 4.95. The zero-order valence-electron chi connectivity index (χ0n) is 15.6. The summed E-state index contributed by atoms with van der Waals surface area (Å²) in [5, 5.41) is 6.14. The largest absolute Gasteiger partial charge is 0.408 e. The summed E-state index contributed by atoms with van der Waals surface area (Å²) in [6.45, 7) is 3.23. The summed E-state index contributed by atoms with van der Waals surface area (Å²) in [5.74, 6) is -2.01. The van der Waals surface area contributed by atoms with Crippen LogP contribution in [0.1, 0.15) is 34.6 Å². The van der Waals surface area contributed by atoms with Gasteiger partial charge in [-0.1, -0.05) is 0 Å². The molecule has 3 aromatic rings. The molecular weight excluding hydrogens is 390 g/mol. The predicted molar refractivity (Wildman–Crippen MR) is 95.7 cm³/mol. The number of amides is 1. The lowest BCUT2D eigenvalue weighted by Gasteiger charge is -2.20. The number of rotatable bonds is 4. The molecule has 1 N–H and O–H groups in total. The second-order valence-electron chi connectivity index (χ2n) is 7.20. The third kappa shape index (κ3) is 3.66. The van der Waals surface area contributed by atoms with Crippen LogP contribution >= 0.6 is 0 Å². The van der Waals surface area contributed by atoms with E-state index in [-0.39, 0.29) is 16.9 Å². The quantitative estimate of drug-likeness (QED) is 0.671. The summed E-state index contributed by atoms with van der Waals surface area (Å²) in [6, 6.07) is 1.00. The summed E-state index contributed by atoms with van der Waals surface area (Å²) in [4.78, 5) is 20.9. The number of carbonyl (C=O) groups is 1. The highest BCUT2D eigenvalue weighted by Crippen LogP contribution is 2.40. The van der Waals surface area contributed by atoms with Crippen molar-refractivity contribution < 1.29 is 22.4 Å². The van der Waals surface area contributed by atoms with Crippen LogP contribution in [-0.4, -0.2) is 37.7 Å². The molecule has 0 spiro atoms. The highest BCUT2D eigenvalue weighted by Gasteiger charge is 2.49. The molecule has 1 saturated carbocycles. The second-order valence-corrected chi connectivity index (χ2v) is 7.20. The molecule has 1 aliphatic rings. The Balaban J connectivity index is 1.73. The third-order valence-corrected chi connectivity index (χ3v) is 4.95. The lowest BCUT2D eigenvalue weighted by molar-refractivity contribution is -0.158. The Labute approximate surface area is 163 Å². The van der Waals surface area contributed by atoms with Gasteiger partial charge in [-0.25, -0.2) is 13.9 Å². The van der Waals surface area contributed by atoms with E-state index in [4.69, 9.17) is 0 Å². The summed E-state index contributed by atoms with van der Waals surface area (Å²) in [7, 11) is 0. The predicted octanol–water partition coefficient (Wildman–Crippen LogP) is 3.62. The van der Waals surface area contributed by atoms with Gasteiger partial charge >= 0.3 is 6.18 Å². The monoisotopic (exact) mass is 407 g/mol. The van der Waals surface area contributed by atoms with Crippen LogP contribution in [0.3, 0.4) is 0 Å². The van der Waals surface area contributed by atoms with E-state index in [1.165, 1.54) is 29.9 Å². The van der Waals surface area contributed by atoms with E-state index in [1.807, 2.05) is 0 Å². The summed E-state index contributed by atoms with van der Waals surface area (Å²) < 4.78 is 55.0. The molecule has 0 radical (unpaired) electrons. The molecule has 1 atom stereocenters. The fourth-order valence-corrected chi connectivity index (χ4v) is 3.18. The Morgan fingerprint density at radius 3 is 2.59 bits per heavy atom. The van der Waals surface area contributed by atoms with Gasteiger partial charge in [0, 0.05) is 17.5 Å². The Bertz CT molecular complexity index is 1100. The number of pyridine rings is 1. The molecule has 0 saturated heterocycles. The van der Waals surface area contributed by atoms with Crippen molar-refractivity contribution in [3.8, 4) is 11.3 Å². The van der Waals surface area contributed by atoms with Gasteiger partial charge in [-0.05, 0) is 44.7 Å². The molecule has 1 amide bonds. The fourth-order valence-electron chi connectivity index (χ4n) is 3.18. The Hall–Kier alpha value is -3.04. The first-order valence-corrected chi connectivity index (χ1v) is 9.00. The average Bonchev–Trinajstić information content (AvgIpc) is 3.38. The van der Waals surface area contributed by atoms with E-state index in [1.54, 1.807) is 13.0 Å². The maximum absolute atomic E-state index is 13.9. The molecule has 1 unspecified atom stereocenters. The first-order chi connectivity index (χ1) is 13.6. The Kier molecular flexibility index (Phi) is 4.51. The molecule has 4 rings (SSSR count). The van der Waals surface area contributed by atoms with E-state index < -0.39 is 29.9 Å². The first-order valence-electron chi connectivity index (χ1n) is 9.00. The molecule has 152 valence electrons. The van der Waals surface area contributed by atoms with Crippen LogP contribution in [0.4, 0.5) is 17.6 Å². The molecule has 1 aliphatic carbocycles. The fraction of sp³-hybridized carbons (Fsp3) is 0.368. The van der Waals surface area contributed by atoms with Crippen LogP contribution in [-0.2, 0) is 0 Å². The molecule has 0 aliphatic heterocycles. The van der Waals surface area contributed by atoms with Crippen LogP contribution in [0.25, 0.3) is 16.9 Å². The maximum atomic E-state index is 13.9. The van der Waals surface area contributed by atoms with Crippen molar-refractivity contribution in [3.05, 3.63) is 47.3 Å². The van der Waals surface area contributed by atoms with Crippen molar-refractivity contribution in [3.63, 3.8) is 0 Å². The van der Waals surface area contributed by atoms with Crippen LogP contribution in [0, 0.1) is 25.6 Å². The minimum Gasteiger partial charge on any atom is -0.340 e. The smallest absolute Gasteiger partial charge is 0.340 e. The minimum atomic E-state index is -4.53. The highest BCUT2D eigenvalue weighted by atomic mass is 19.4. The van der Waals surface area contributed by atoms with E-state index in [9.17, 15) is 22.4 Å². The number of carbonyl (C=O) groups excluding carboxylic acids is 1. The number of alkyl halides is 3. The van der Waals surface area contributed by atoms with Crippen LogP contribution in [0.2, 0.25) is 0 Å². The molecule has 3 heterocycles. The standard InChI is InChI=1S/C19H17F4N5O/c1-9-5-15(12-6-14(20)10(2)24-7-12)26-17-13(8-25-28(9)17)18(29)27-16(11-3-4-11)19(21,22)23/h5-8,11,16H,3-4H2,1-2H3,(H,27,29). The van der Waals surface area contributed by atoms with Crippen molar-refractivity contribution in [2.75, 3.05) is 0 Å². The number of aromatic nitrogens is 4. The van der Waals surface area contributed by atoms with Gasteiger partial charge < -0.3 is 5.32 Å². The van der Waals surface area contributed by atoms with Crippen molar-refractivity contribution in [2.24, 2.45) is 5.92 Å². The lowest BCUT2D eigenvalue weighted by Crippen LogP contribution is -2.46. The van der Waals surface area contributed by atoms with Gasteiger partial charge in [-0.3, -0.25) is 9.78 Å². The Morgan fingerprint density at radius 2 is 1.97 bits per heavy atom. The molecule has 10 heteroatoms. The zero-order valence-corrected chi connectivity index (χ0v) is 15.6. The minimum absolute atomic E-state index is 0.0783. The molecular formula is C19H17F4N5O. The van der Waals surface area contributed by atoms with Crippen LogP contribution in [0.5, 0.6) is 0 Å². The van der Waals surface area contributed by atoms with Gasteiger partial charge in [-0.15, -0.1) is 0 Å². The normalized spacial score (nSPS) is 15.5. The van der Waals surface area contributed by atoms with Crippen molar-refractivity contribution in [1.29, 1.82) is 0 Å². The van der Waals surface area contributed by atoms with E-state index in [2.05, 4.69) is 20.4 Å². The van der Waals surface area contributed by atoms with E-state index in [0.29, 0.717) is 29.8 Å². The Morgan fingerprint density at radius 1 is 1.24 bits per heavy atom. The van der Waals surface area contributed by atoms with Gasteiger partial charge in [0.2, 0.25) is 0 Å². The molecule has 3 aromatic heterocycles. The number of nitrogens with one attached hydrogen (secondary N) is 1. The van der Waals surface area contributed by atoms with Crippen molar-refractivity contribution in [1.82, 2.24) is 24.9 Å². The van der Waals surface area contributed by atoms with Crippen LogP contribution < -0.4 is 5.32 Å². The SMILES string of the molecule is Cc1ncc(-c2cc(C)n3ncc(C(=O)NC(C4CC4)C(F)(F)F)c3n2)cc1F. The number of hydrogen-bond donors (Lipinski definition) is 1. The topological polar surface area (TPSA) is 72.2 Å². The van der Waals surface area contributed by atoms with Gasteiger partial charge in [0.05, 0.1) is 17.6 Å². The van der Waals surface area contributed by atoms with Gasteiger partial charge in [0.25, 0.3) is 5.91 Å². The van der Waals surface area contributed by atoms with Gasteiger partial charge in [0.15, 0.2) is 5.65 Å². The average molecular weight is 407 g/mol. The zero-order chi connectivity index (χ0) is 20.9. The lowest BCUT2D eigenvalue weighted by atomic mass is 10.1. The molecule has 0 bridgehead atoms. The number of hydrogen-bond acceptors (Lipinski definition) is 4. The number of fused-ring (bicyclic) bond motifs is 1.